The molecule has 2 aromatic carbocycles. The van der Waals surface area contributed by atoms with Gasteiger partial charge in [0.05, 0.1) is 5.97 Å². The fraction of sp³-hybridized carbons (Fsp3) is 0.0625. The molecular formula is C16H14N3NaO3. The molecule has 0 saturated carbocycles. The molecular weight excluding hydrogens is 305 g/mol. The van der Waals surface area contributed by atoms with E-state index in [-0.39, 0.29) is 35.4 Å². The van der Waals surface area contributed by atoms with Gasteiger partial charge in [0.15, 0.2) is 0 Å². The number of benzene rings is 2. The Hall–Kier alpha value is -2.15. The summed E-state index contributed by atoms with van der Waals surface area (Å²) in [6, 6.07) is 14.4. The fourth-order valence-corrected chi connectivity index (χ4v) is 1.99. The molecule has 0 saturated heterocycles. The van der Waals surface area contributed by atoms with Gasteiger partial charge in [-0.15, -0.1) is 0 Å². The van der Waals surface area contributed by atoms with Crippen LogP contribution in [0.4, 0.5) is 5.69 Å². The van der Waals surface area contributed by atoms with E-state index in [4.69, 9.17) is 11.1 Å². The SMILES string of the molecule is N=C(N)c1ccc(NC(=O)C(C(=O)[O-])c2ccccc2)cc1.[Na+]. The second-order valence-corrected chi connectivity index (χ2v) is 4.64. The molecule has 7 heteroatoms. The van der Waals surface area contributed by atoms with Gasteiger partial charge in [-0.2, -0.15) is 0 Å². The van der Waals surface area contributed by atoms with Gasteiger partial charge >= 0.3 is 29.6 Å². The molecule has 4 N–H and O–H groups in total. The van der Waals surface area contributed by atoms with E-state index >= 15 is 0 Å². The van der Waals surface area contributed by atoms with Crippen LogP contribution in [0.5, 0.6) is 0 Å². The Kier molecular flexibility index (Phi) is 6.96. The summed E-state index contributed by atoms with van der Waals surface area (Å²) >= 11 is 0. The van der Waals surface area contributed by atoms with E-state index in [1.54, 1.807) is 54.6 Å². The number of anilines is 1. The van der Waals surface area contributed by atoms with E-state index in [0.29, 0.717) is 16.8 Å². The smallest absolute Gasteiger partial charge is 0.549 e. The number of carbonyl (C=O) groups excluding carboxylic acids is 2. The van der Waals surface area contributed by atoms with Gasteiger partial charge in [-0.05, 0) is 29.8 Å². The average molecular weight is 319 g/mol. The summed E-state index contributed by atoms with van der Waals surface area (Å²) in [5.74, 6) is -3.64. The van der Waals surface area contributed by atoms with Gasteiger partial charge in [0.1, 0.15) is 11.8 Å². The van der Waals surface area contributed by atoms with E-state index < -0.39 is 17.8 Å². The molecule has 0 spiro atoms. The number of nitrogens with one attached hydrogen (secondary N) is 2. The summed E-state index contributed by atoms with van der Waals surface area (Å²) in [5.41, 5.74) is 6.61. The van der Waals surface area contributed by atoms with Crippen LogP contribution in [0.15, 0.2) is 54.6 Å². The number of nitrogen functional groups attached to an aromatic ring is 1. The van der Waals surface area contributed by atoms with Crippen LogP contribution in [0.2, 0.25) is 0 Å². The number of amides is 1. The van der Waals surface area contributed by atoms with Crippen LogP contribution in [-0.2, 0) is 9.59 Å². The van der Waals surface area contributed by atoms with Crippen molar-refractivity contribution in [2.45, 2.75) is 5.92 Å². The minimum Gasteiger partial charge on any atom is -0.549 e. The zero-order valence-corrected chi connectivity index (χ0v) is 14.6. The molecule has 2 rings (SSSR count). The number of carboxylic acid groups (broad SMARTS) is 1. The largest absolute Gasteiger partial charge is 1.00 e. The van der Waals surface area contributed by atoms with E-state index in [1.165, 1.54) is 0 Å². The predicted molar refractivity (Wildman–Crippen MR) is 80.3 cm³/mol. The molecule has 6 nitrogen and oxygen atoms in total. The molecule has 1 atom stereocenters. The first-order valence-electron chi connectivity index (χ1n) is 6.50. The minimum atomic E-state index is -1.47. The van der Waals surface area contributed by atoms with Gasteiger partial charge in [0.25, 0.3) is 0 Å². The van der Waals surface area contributed by atoms with Crippen molar-refractivity contribution in [2.75, 3.05) is 5.32 Å². The van der Waals surface area contributed by atoms with E-state index in [2.05, 4.69) is 5.32 Å². The summed E-state index contributed by atoms with van der Waals surface area (Å²) in [4.78, 5) is 23.4. The van der Waals surface area contributed by atoms with Gasteiger partial charge in [-0.1, -0.05) is 30.3 Å². The van der Waals surface area contributed by atoms with Crippen molar-refractivity contribution in [1.29, 1.82) is 5.41 Å². The van der Waals surface area contributed by atoms with Crippen LogP contribution in [0.25, 0.3) is 0 Å². The third-order valence-electron chi connectivity index (χ3n) is 3.09. The molecule has 0 bridgehead atoms. The maximum absolute atomic E-state index is 12.2. The van der Waals surface area contributed by atoms with Crippen molar-refractivity contribution in [3.05, 3.63) is 65.7 Å². The summed E-state index contributed by atoms with van der Waals surface area (Å²) in [7, 11) is 0. The predicted octanol–water partition coefficient (Wildman–Crippen LogP) is -2.55. The van der Waals surface area contributed by atoms with Crippen molar-refractivity contribution in [3.8, 4) is 0 Å². The Balaban J connectivity index is 0.00000264. The Morgan fingerprint density at radius 2 is 1.61 bits per heavy atom. The number of hydrogen-bond donors (Lipinski definition) is 3. The molecule has 1 amide bonds. The minimum absolute atomic E-state index is 0. The molecule has 112 valence electrons. The van der Waals surface area contributed by atoms with E-state index in [1.807, 2.05) is 0 Å². The fourth-order valence-electron chi connectivity index (χ4n) is 1.99. The molecule has 0 fully saturated rings. The number of carboxylic acids is 1. The first-order valence-corrected chi connectivity index (χ1v) is 6.50. The van der Waals surface area contributed by atoms with E-state index in [0.717, 1.165) is 0 Å². The molecule has 0 radical (unpaired) electrons. The molecule has 0 aliphatic carbocycles. The van der Waals surface area contributed by atoms with Gasteiger partial charge < -0.3 is 21.0 Å². The zero-order chi connectivity index (χ0) is 16.1. The Morgan fingerprint density at radius 1 is 1.04 bits per heavy atom. The van der Waals surface area contributed by atoms with Crippen molar-refractivity contribution < 1.29 is 44.3 Å². The topological polar surface area (TPSA) is 119 Å². The number of amidine groups is 1. The summed E-state index contributed by atoms with van der Waals surface area (Å²) in [5, 5.41) is 21.1. The van der Waals surface area contributed by atoms with Crippen molar-refractivity contribution in [1.82, 2.24) is 0 Å². The first kappa shape index (κ1) is 18.9. The number of rotatable bonds is 5. The van der Waals surface area contributed by atoms with Crippen LogP contribution in [0.1, 0.15) is 17.0 Å². The number of aliphatic carboxylic acids is 1. The molecule has 2 aromatic rings. The van der Waals surface area contributed by atoms with Gasteiger partial charge in [-0.25, -0.2) is 0 Å². The Morgan fingerprint density at radius 3 is 2.09 bits per heavy atom. The normalized spacial score (nSPS) is 11.0. The number of nitrogens with two attached hydrogens (primary N) is 1. The second-order valence-electron chi connectivity index (χ2n) is 4.64. The summed E-state index contributed by atoms with van der Waals surface area (Å²) in [6.45, 7) is 0. The van der Waals surface area contributed by atoms with Crippen LogP contribution >= 0.6 is 0 Å². The van der Waals surface area contributed by atoms with E-state index in [9.17, 15) is 14.7 Å². The maximum atomic E-state index is 12.2. The van der Waals surface area contributed by atoms with Crippen LogP contribution in [0.3, 0.4) is 0 Å². The third-order valence-corrected chi connectivity index (χ3v) is 3.09. The summed E-state index contributed by atoms with van der Waals surface area (Å²) < 4.78 is 0. The van der Waals surface area contributed by atoms with Gasteiger partial charge in [0.2, 0.25) is 5.91 Å². The molecule has 23 heavy (non-hydrogen) atoms. The van der Waals surface area contributed by atoms with Crippen LogP contribution in [0, 0.1) is 5.41 Å². The monoisotopic (exact) mass is 319 g/mol. The quantitative estimate of drug-likeness (QED) is 0.243. The van der Waals surface area contributed by atoms with Crippen molar-refractivity contribution in [3.63, 3.8) is 0 Å². The molecule has 0 aliphatic rings. The molecule has 0 heterocycles. The molecule has 0 aliphatic heterocycles. The number of hydrogen-bond acceptors (Lipinski definition) is 4. The third kappa shape index (κ3) is 4.92. The second kappa shape index (κ2) is 8.47. The van der Waals surface area contributed by atoms with Crippen LogP contribution < -0.4 is 45.7 Å². The van der Waals surface area contributed by atoms with Gasteiger partial charge in [-0.3, -0.25) is 10.2 Å². The first-order chi connectivity index (χ1) is 10.5. The zero-order valence-electron chi connectivity index (χ0n) is 12.6. The van der Waals surface area contributed by atoms with Gasteiger partial charge in [0, 0.05) is 11.3 Å². The van der Waals surface area contributed by atoms with Crippen molar-refractivity contribution >= 4 is 23.4 Å². The van der Waals surface area contributed by atoms with Crippen LogP contribution in [-0.4, -0.2) is 17.7 Å². The average Bonchev–Trinajstić information content (AvgIpc) is 2.48. The standard InChI is InChI=1S/C16H15N3O3.Na/c17-14(18)11-6-8-12(9-7-11)19-15(20)13(16(21)22)10-4-2-1-3-5-10;/h1-9,13H,(H3,17,18)(H,19,20)(H,21,22);/q;+1/p-1. The molecule has 0 aromatic heterocycles. The Bertz CT molecular complexity index is 702. The maximum Gasteiger partial charge on any atom is 1.00 e. The molecule has 1 unspecified atom stereocenters. The summed E-state index contributed by atoms with van der Waals surface area (Å²) in [6.07, 6.45) is 0. The Labute approximate surface area is 155 Å². The number of carbonyl (C=O) groups is 2. The van der Waals surface area contributed by atoms with Crippen molar-refractivity contribution in [2.24, 2.45) is 5.73 Å².